The Kier molecular flexibility index (Phi) is 5.73. The summed E-state index contributed by atoms with van der Waals surface area (Å²) in [7, 11) is 0. The molecule has 0 radical (unpaired) electrons. The van der Waals surface area contributed by atoms with Gasteiger partial charge in [0, 0.05) is 26.2 Å². The highest BCUT2D eigenvalue weighted by Gasteiger charge is 2.42. The molecule has 0 bridgehead atoms. The van der Waals surface area contributed by atoms with Gasteiger partial charge in [0.2, 0.25) is 0 Å². The predicted octanol–water partition coefficient (Wildman–Crippen LogP) is -0.810. The standard InChI is InChI=1S/C12H19N3O8/c1-12(15(4-8(16)17)5-9(18)19)6-13(10(20)21)2-3-14(7-12)11(22)23/h2-7H2,1H3,(H,16,17)(H,18,19)(H,20,21)(H,22,23). The van der Waals surface area contributed by atoms with Crippen LogP contribution >= 0.6 is 0 Å². The van der Waals surface area contributed by atoms with Crippen molar-refractivity contribution in [2.24, 2.45) is 0 Å². The summed E-state index contributed by atoms with van der Waals surface area (Å²) < 4.78 is 0. The average Bonchev–Trinajstić information content (AvgIpc) is 2.57. The lowest BCUT2D eigenvalue weighted by molar-refractivity contribution is -0.145. The molecule has 1 heterocycles. The van der Waals surface area contributed by atoms with Crippen LogP contribution in [0.1, 0.15) is 6.92 Å². The summed E-state index contributed by atoms with van der Waals surface area (Å²) in [4.78, 5) is 47.5. The average molecular weight is 333 g/mol. The fourth-order valence-corrected chi connectivity index (χ4v) is 2.56. The minimum atomic E-state index is -1.29. The summed E-state index contributed by atoms with van der Waals surface area (Å²) in [5.41, 5.74) is -1.29. The fourth-order valence-electron chi connectivity index (χ4n) is 2.56. The first-order valence-corrected chi connectivity index (χ1v) is 6.69. The van der Waals surface area contributed by atoms with Crippen LogP contribution in [0.3, 0.4) is 0 Å². The third-order valence-electron chi connectivity index (χ3n) is 3.66. The maximum atomic E-state index is 11.2. The molecule has 130 valence electrons. The molecule has 1 saturated heterocycles. The van der Waals surface area contributed by atoms with Gasteiger partial charge in [0.05, 0.1) is 18.6 Å². The van der Waals surface area contributed by atoms with Gasteiger partial charge >= 0.3 is 24.1 Å². The molecule has 1 aliphatic rings. The van der Waals surface area contributed by atoms with Gasteiger partial charge in [0.15, 0.2) is 0 Å². The van der Waals surface area contributed by atoms with Crippen LogP contribution in [0.25, 0.3) is 0 Å². The normalized spacial score (nSPS) is 17.7. The second-order valence-corrected chi connectivity index (χ2v) is 5.55. The number of carboxylic acids is 2. The van der Waals surface area contributed by atoms with Crippen molar-refractivity contribution in [3.63, 3.8) is 0 Å². The lowest BCUT2D eigenvalue weighted by Crippen LogP contribution is -2.60. The monoisotopic (exact) mass is 333 g/mol. The Morgan fingerprint density at radius 2 is 1.22 bits per heavy atom. The summed E-state index contributed by atoms with van der Waals surface area (Å²) >= 11 is 0. The molecule has 0 aliphatic carbocycles. The van der Waals surface area contributed by atoms with Crippen molar-refractivity contribution in [3.05, 3.63) is 0 Å². The minimum absolute atomic E-state index is 0.0782. The van der Waals surface area contributed by atoms with E-state index in [4.69, 9.17) is 10.2 Å². The Balaban J connectivity index is 3.17. The van der Waals surface area contributed by atoms with Gasteiger partial charge in [-0.3, -0.25) is 14.5 Å². The van der Waals surface area contributed by atoms with Crippen molar-refractivity contribution in [2.75, 3.05) is 39.3 Å². The van der Waals surface area contributed by atoms with Gasteiger partial charge in [0.25, 0.3) is 0 Å². The van der Waals surface area contributed by atoms with Gasteiger partial charge < -0.3 is 30.2 Å². The number of hydrogen-bond donors (Lipinski definition) is 4. The first-order chi connectivity index (χ1) is 10.5. The first-order valence-electron chi connectivity index (χ1n) is 6.69. The van der Waals surface area contributed by atoms with Gasteiger partial charge in [-0.2, -0.15) is 0 Å². The van der Waals surface area contributed by atoms with E-state index in [2.05, 4.69) is 0 Å². The summed E-state index contributed by atoms with van der Waals surface area (Å²) in [5.74, 6) is -2.58. The van der Waals surface area contributed by atoms with Crippen LogP contribution in [0.4, 0.5) is 9.59 Å². The molecule has 4 N–H and O–H groups in total. The third kappa shape index (κ3) is 4.98. The summed E-state index contributed by atoms with van der Waals surface area (Å²) in [6.07, 6.45) is -2.57. The van der Waals surface area contributed by atoms with Gasteiger partial charge in [-0.25, -0.2) is 9.59 Å². The van der Waals surface area contributed by atoms with E-state index in [-0.39, 0.29) is 26.2 Å². The Bertz CT molecular complexity index is 469. The van der Waals surface area contributed by atoms with E-state index in [0.29, 0.717) is 0 Å². The van der Waals surface area contributed by atoms with Crippen molar-refractivity contribution >= 4 is 24.1 Å². The van der Waals surface area contributed by atoms with Gasteiger partial charge in [-0.1, -0.05) is 0 Å². The van der Waals surface area contributed by atoms with E-state index < -0.39 is 42.8 Å². The van der Waals surface area contributed by atoms with Crippen LogP contribution in [0.2, 0.25) is 0 Å². The van der Waals surface area contributed by atoms with Crippen LogP contribution in [0, 0.1) is 0 Å². The van der Waals surface area contributed by atoms with E-state index in [1.807, 2.05) is 0 Å². The Labute approximate surface area is 131 Å². The number of carboxylic acid groups (broad SMARTS) is 4. The molecule has 1 fully saturated rings. The van der Waals surface area contributed by atoms with Crippen LogP contribution < -0.4 is 0 Å². The van der Waals surface area contributed by atoms with Crippen LogP contribution in [-0.2, 0) is 9.59 Å². The zero-order valence-electron chi connectivity index (χ0n) is 12.5. The molecular weight excluding hydrogens is 314 g/mol. The number of nitrogens with zero attached hydrogens (tertiary/aromatic N) is 3. The Hall–Kier alpha value is -2.56. The van der Waals surface area contributed by atoms with E-state index in [1.54, 1.807) is 0 Å². The molecule has 0 unspecified atom stereocenters. The Morgan fingerprint density at radius 1 is 0.870 bits per heavy atom. The SMILES string of the molecule is CC1(N(CC(=O)O)CC(=O)O)CN(C(=O)O)CCN(C(=O)O)C1. The maximum absolute atomic E-state index is 11.2. The van der Waals surface area contributed by atoms with Crippen LogP contribution in [-0.4, -0.2) is 104 Å². The minimum Gasteiger partial charge on any atom is -0.480 e. The number of carbonyl (C=O) groups is 4. The molecule has 1 aliphatic heterocycles. The third-order valence-corrected chi connectivity index (χ3v) is 3.66. The summed E-state index contributed by atoms with van der Waals surface area (Å²) in [6, 6.07) is 0. The topological polar surface area (TPSA) is 159 Å². The van der Waals surface area contributed by atoms with Crippen molar-refractivity contribution < 1.29 is 39.6 Å². The molecule has 0 aromatic carbocycles. The quantitative estimate of drug-likeness (QED) is 0.504. The molecule has 0 spiro atoms. The van der Waals surface area contributed by atoms with E-state index in [0.717, 1.165) is 14.7 Å². The van der Waals surface area contributed by atoms with Crippen molar-refractivity contribution in [1.82, 2.24) is 14.7 Å². The van der Waals surface area contributed by atoms with E-state index in [9.17, 15) is 29.4 Å². The molecule has 1 rings (SSSR count). The van der Waals surface area contributed by atoms with Crippen molar-refractivity contribution in [3.8, 4) is 0 Å². The number of aliphatic carboxylic acids is 2. The van der Waals surface area contributed by atoms with E-state index in [1.165, 1.54) is 6.92 Å². The molecule has 0 atom stereocenters. The first kappa shape index (κ1) is 18.5. The van der Waals surface area contributed by atoms with Gasteiger partial charge in [0.1, 0.15) is 0 Å². The maximum Gasteiger partial charge on any atom is 0.407 e. The lowest BCUT2D eigenvalue weighted by atomic mass is 9.98. The number of hydrogen-bond acceptors (Lipinski definition) is 5. The number of amides is 2. The van der Waals surface area contributed by atoms with Gasteiger partial charge in [-0.05, 0) is 6.92 Å². The second-order valence-electron chi connectivity index (χ2n) is 5.55. The highest BCUT2D eigenvalue weighted by Crippen LogP contribution is 2.22. The largest absolute Gasteiger partial charge is 0.480 e. The molecule has 11 heteroatoms. The highest BCUT2D eigenvalue weighted by molar-refractivity contribution is 5.73. The molecule has 0 saturated carbocycles. The van der Waals surface area contributed by atoms with Gasteiger partial charge in [-0.15, -0.1) is 0 Å². The molecule has 23 heavy (non-hydrogen) atoms. The molecule has 2 amide bonds. The van der Waals surface area contributed by atoms with Crippen LogP contribution in [0.15, 0.2) is 0 Å². The zero-order valence-corrected chi connectivity index (χ0v) is 12.5. The predicted molar refractivity (Wildman–Crippen MR) is 74.4 cm³/mol. The zero-order chi connectivity index (χ0) is 17.8. The summed E-state index contributed by atoms with van der Waals surface area (Å²) in [5, 5.41) is 36.3. The fraction of sp³-hybridized carbons (Fsp3) is 0.667. The van der Waals surface area contributed by atoms with E-state index >= 15 is 0 Å². The molecule has 0 aromatic rings. The van der Waals surface area contributed by atoms with Crippen LogP contribution in [0.5, 0.6) is 0 Å². The molecule has 0 aromatic heterocycles. The number of rotatable bonds is 5. The smallest absolute Gasteiger partial charge is 0.407 e. The van der Waals surface area contributed by atoms with Crippen molar-refractivity contribution in [1.29, 1.82) is 0 Å². The molecule has 11 nitrogen and oxygen atoms in total. The lowest BCUT2D eigenvalue weighted by Gasteiger charge is -2.41. The molecular formula is C12H19N3O8. The second kappa shape index (κ2) is 7.13. The highest BCUT2D eigenvalue weighted by atomic mass is 16.4. The Morgan fingerprint density at radius 3 is 1.48 bits per heavy atom. The van der Waals surface area contributed by atoms with Crippen molar-refractivity contribution in [2.45, 2.75) is 12.5 Å². The summed E-state index contributed by atoms with van der Waals surface area (Å²) in [6.45, 7) is -0.403.